The number of nitrogens with zero attached hydrogens (tertiary/aromatic N) is 2. The molecule has 0 aromatic carbocycles. The fourth-order valence-corrected chi connectivity index (χ4v) is 4.92. The van der Waals surface area contributed by atoms with Crippen molar-refractivity contribution >= 4 is 29.2 Å². The van der Waals surface area contributed by atoms with Crippen LogP contribution >= 0.6 is 11.3 Å². The molecule has 7 nitrogen and oxygen atoms in total. The number of thiophene rings is 1. The Labute approximate surface area is 163 Å². The number of amides is 4. The lowest BCUT2D eigenvalue weighted by Gasteiger charge is -2.32. The molecule has 1 saturated heterocycles. The minimum Gasteiger partial charge on any atom is -0.353 e. The largest absolute Gasteiger partial charge is 0.353 e. The number of hydrogen-bond acceptors (Lipinski definition) is 5. The second-order valence-corrected chi connectivity index (χ2v) is 9.04. The molecular formula is C19H26N4O3S. The van der Waals surface area contributed by atoms with Gasteiger partial charge in [0, 0.05) is 30.6 Å². The third kappa shape index (κ3) is 3.48. The summed E-state index contributed by atoms with van der Waals surface area (Å²) in [7, 11) is 0. The number of rotatable bonds is 6. The van der Waals surface area contributed by atoms with E-state index < -0.39 is 11.6 Å². The van der Waals surface area contributed by atoms with Gasteiger partial charge >= 0.3 is 6.03 Å². The number of nitrogens with one attached hydrogen (secondary N) is 2. The molecule has 2 N–H and O–H groups in total. The molecule has 146 valence electrons. The van der Waals surface area contributed by atoms with E-state index in [-0.39, 0.29) is 30.3 Å². The highest BCUT2D eigenvalue weighted by Gasteiger charge is 2.56. The Morgan fingerprint density at radius 2 is 2.22 bits per heavy atom. The third-order valence-corrected chi connectivity index (χ3v) is 7.07. The van der Waals surface area contributed by atoms with Crippen molar-refractivity contribution in [2.45, 2.75) is 51.2 Å². The topological polar surface area (TPSA) is 81.8 Å². The van der Waals surface area contributed by atoms with Crippen LogP contribution < -0.4 is 10.6 Å². The first kappa shape index (κ1) is 18.4. The Morgan fingerprint density at radius 3 is 2.96 bits per heavy atom. The molecule has 8 heteroatoms. The van der Waals surface area contributed by atoms with Crippen LogP contribution in [-0.4, -0.2) is 58.9 Å². The highest BCUT2D eigenvalue weighted by molar-refractivity contribution is 7.10. The highest BCUT2D eigenvalue weighted by atomic mass is 32.1. The van der Waals surface area contributed by atoms with Crippen molar-refractivity contribution in [2.75, 3.05) is 19.6 Å². The third-order valence-electron chi connectivity index (χ3n) is 6.05. The molecule has 3 aliphatic rings. The first-order chi connectivity index (χ1) is 12.9. The summed E-state index contributed by atoms with van der Waals surface area (Å²) < 4.78 is 0. The van der Waals surface area contributed by atoms with Crippen molar-refractivity contribution in [3.8, 4) is 0 Å². The van der Waals surface area contributed by atoms with E-state index in [0.717, 1.165) is 37.3 Å². The summed E-state index contributed by atoms with van der Waals surface area (Å²) in [5.41, 5.74) is 0.541. The first-order valence-corrected chi connectivity index (χ1v) is 10.5. The fraction of sp³-hybridized carbons (Fsp3) is 0.632. The molecule has 2 fully saturated rings. The van der Waals surface area contributed by atoms with Gasteiger partial charge in [-0.25, -0.2) is 4.79 Å². The lowest BCUT2D eigenvalue weighted by molar-refractivity contribution is -0.135. The van der Waals surface area contributed by atoms with Gasteiger partial charge in [-0.15, -0.1) is 11.3 Å². The minimum absolute atomic E-state index is 0.196. The Balaban J connectivity index is 1.27. The van der Waals surface area contributed by atoms with Crippen LogP contribution in [0, 0.1) is 5.92 Å². The van der Waals surface area contributed by atoms with Gasteiger partial charge in [0.2, 0.25) is 5.91 Å². The molecular weight excluding hydrogens is 364 g/mol. The summed E-state index contributed by atoms with van der Waals surface area (Å²) in [6, 6.07) is 1.91. The molecule has 0 bridgehead atoms. The maximum atomic E-state index is 12.6. The predicted octanol–water partition coefficient (Wildman–Crippen LogP) is 1.33. The number of hydrogen-bond donors (Lipinski definition) is 2. The monoisotopic (exact) mass is 390 g/mol. The van der Waals surface area contributed by atoms with Crippen LogP contribution in [-0.2, 0) is 22.6 Å². The average Bonchev–Trinajstić information content (AvgIpc) is 3.36. The number of fused-ring (bicyclic) bond motifs is 1. The quantitative estimate of drug-likeness (QED) is 0.718. The maximum absolute atomic E-state index is 12.6. The van der Waals surface area contributed by atoms with Crippen LogP contribution in [0.2, 0.25) is 0 Å². The Hall–Kier alpha value is -1.93. The summed E-state index contributed by atoms with van der Waals surface area (Å²) in [6.07, 6.45) is 2.94. The zero-order valence-corrected chi connectivity index (χ0v) is 16.6. The van der Waals surface area contributed by atoms with E-state index in [0.29, 0.717) is 6.54 Å². The van der Waals surface area contributed by atoms with E-state index in [9.17, 15) is 14.4 Å². The number of carbonyl (C=O) groups is 3. The van der Waals surface area contributed by atoms with Crippen molar-refractivity contribution < 1.29 is 14.4 Å². The van der Waals surface area contributed by atoms with Crippen molar-refractivity contribution in [1.82, 2.24) is 20.4 Å². The van der Waals surface area contributed by atoms with Crippen LogP contribution in [0.3, 0.4) is 0 Å². The molecule has 0 radical (unpaired) electrons. The lowest BCUT2D eigenvalue weighted by atomic mass is 9.96. The second kappa shape index (κ2) is 6.91. The second-order valence-electron chi connectivity index (χ2n) is 8.04. The fourth-order valence-electron chi connectivity index (χ4n) is 4.03. The molecule has 1 aromatic rings. The minimum atomic E-state index is -0.837. The molecule has 2 unspecified atom stereocenters. The first-order valence-electron chi connectivity index (χ1n) is 9.58. The molecule has 1 saturated carbocycles. The van der Waals surface area contributed by atoms with Crippen LogP contribution in [0.15, 0.2) is 11.4 Å². The van der Waals surface area contributed by atoms with Gasteiger partial charge in [0.1, 0.15) is 12.1 Å². The lowest BCUT2D eigenvalue weighted by Crippen LogP contribution is -2.48. The SMILES string of the molecule is CC(CNC(=O)CN1C(=O)NC(C)(C2CC2)C1=O)N1CCc2sccc2C1. The van der Waals surface area contributed by atoms with Crippen LogP contribution in [0.4, 0.5) is 4.79 Å². The van der Waals surface area contributed by atoms with Gasteiger partial charge in [-0.3, -0.25) is 19.4 Å². The molecule has 3 heterocycles. The van der Waals surface area contributed by atoms with E-state index in [1.54, 1.807) is 6.92 Å². The molecule has 2 atom stereocenters. The molecule has 4 amide bonds. The summed E-state index contributed by atoms with van der Waals surface area (Å²) in [5, 5.41) is 7.79. The smallest absolute Gasteiger partial charge is 0.325 e. The van der Waals surface area contributed by atoms with Gasteiger partial charge in [-0.05, 0) is 56.0 Å². The van der Waals surface area contributed by atoms with E-state index in [1.165, 1.54) is 10.4 Å². The van der Waals surface area contributed by atoms with Gasteiger partial charge in [-0.2, -0.15) is 0 Å². The average molecular weight is 391 g/mol. The summed E-state index contributed by atoms with van der Waals surface area (Å²) in [6.45, 7) is 6.03. The van der Waals surface area contributed by atoms with Crippen LogP contribution in [0.1, 0.15) is 37.1 Å². The van der Waals surface area contributed by atoms with Crippen LogP contribution in [0.25, 0.3) is 0 Å². The van der Waals surface area contributed by atoms with Gasteiger partial charge in [0.15, 0.2) is 0 Å². The number of carbonyl (C=O) groups excluding carboxylic acids is 3. The normalized spacial score (nSPS) is 26.7. The zero-order valence-electron chi connectivity index (χ0n) is 15.8. The number of imide groups is 1. The standard InChI is InChI=1S/C19H26N4O3S/c1-12(22-7-5-15-13(10-22)6-8-27-15)9-20-16(24)11-23-17(25)19(2,14-3-4-14)21-18(23)26/h6,8,12,14H,3-5,7,9-11H2,1-2H3,(H,20,24)(H,21,26). The summed E-state index contributed by atoms with van der Waals surface area (Å²) in [4.78, 5) is 41.9. The Morgan fingerprint density at radius 1 is 1.44 bits per heavy atom. The molecule has 2 aliphatic heterocycles. The zero-order chi connectivity index (χ0) is 19.2. The van der Waals surface area contributed by atoms with Gasteiger partial charge < -0.3 is 10.6 Å². The predicted molar refractivity (Wildman–Crippen MR) is 102 cm³/mol. The van der Waals surface area contributed by atoms with Crippen molar-refractivity contribution in [2.24, 2.45) is 5.92 Å². The molecule has 0 spiro atoms. The van der Waals surface area contributed by atoms with Crippen molar-refractivity contribution in [1.29, 1.82) is 0 Å². The molecule has 1 aromatic heterocycles. The molecule has 27 heavy (non-hydrogen) atoms. The van der Waals surface area contributed by atoms with Gasteiger partial charge in [-0.1, -0.05) is 0 Å². The summed E-state index contributed by atoms with van der Waals surface area (Å²) in [5.74, 6) is -0.374. The maximum Gasteiger partial charge on any atom is 0.325 e. The number of urea groups is 1. The van der Waals surface area contributed by atoms with Crippen molar-refractivity contribution in [3.63, 3.8) is 0 Å². The van der Waals surface area contributed by atoms with Gasteiger partial charge in [0.25, 0.3) is 5.91 Å². The van der Waals surface area contributed by atoms with E-state index in [4.69, 9.17) is 0 Å². The van der Waals surface area contributed by atoms with Gasteiger partial charge in [0.05, 0.1) is 0 Å². The molecule has 1 aliphatic carbocycles. The van der Waals surface area contributed by atoms with Crippen LogP contribution in [0.5, 0.6) is 0 Å². The van der Waals surface area contributed by atoms with E-state index in [2.05, 4.69) is 33.9 Å². The Kier molecular flexibility index (Phi) is 4.71. The Bertz CT molecular complexity index is 775. The van der Waals surface area contributed by atoms with Crippen molar-refractivity contribution in [3.05, 3.63) is 21.9 Å². The highest BCUT2D eigenvalue weighted by Crippen LogP contribution is 2.42. The van der Waals surface area contributed by atoms with E-state index in [1.807, 2.05) is 11.3 Å². The van der Waals surface area contributed by atoms with E-state index >= 15 is 0 Å². The summed E-state index contributed by atoms with van der Waals surface area (Å²) >= 11 is 1.81. The molecule has 4 rings (SSSR count).